The molecular weight excluding hydrogens is 200 g/mol. The maximum Gasteiger partial charge on any atom is 0.0709 e. The smallest absolute Gasteiger partial charge is 0.0709 e. The van der Waals surface area contributed by atoms with Crippen LogP contribution in [0, 0.1) is 11.8 Å². The van der Waals surface area contributed by atoms with Crippen LogP contribution < -0.4 is 5.32 Å². The van der Waals surface area contributed by atoms with Crippen LogP contribution in [0.2, 0.25) is 0 Å². The molecule has 1 aliphatic heterocycles. The van der Waals surface area contributed by atoms with Gasteiger partial charge in [-0.1, -0.05) is 6.07 Å². The first-order chi connectivity index (χ1) is 7.75. The minimum atomic E-state index is -0.508. The molecule has 86 valence electrons. The third kappa shape index (κ3) is 1.85. The van der Waals surface area contributed by atoms with E-state index in [1.807, 2.05) is 18.2 Å². The Labute approximate surface area is 95.9 Å². The third-order valence-corrected chi connectivity index (χ3v) is 4.00. The van der Waals surface area contributed by atoms with Gasteiger partial charge < -0.3 is 10.4 Å². The Kier molecular flexibility index (Phi) is 2.45. The average molecular weight is 218 g/mol. The highest BCUT2D eigenvalue weighted by molar-refractivity contribution is 5.10. The molecule has 0 bridgehead atoms. The first-order valence-electron chi connectivity index (χ1n) is 6.08. The monoisotopic (exact) mass is 218 g/mol. The van der Waals surface area contributed by atoms with Crippen molar-refractivity contribution in [3.8, 4) is 0 Å². The van der Waals surface area contributed by atoms with Crippen molar-refractivity contribution in [3.05, 3.63) is 30.1 Å². The minimum Gasteiger partial charge on any atom is -0.389 e. The zero-order chi connectivity index (χ0) is 11.0. The number of nitrogens with zero attached hydrogens (tertiary/aromatic N) is 1. The Morgan fingerprint density at radius 1 is 1.31 bits per heavy atom. The molecule has 2 heterocycles. The normalized spacial score (nSPS) is 37.6. The molecule has 3 heteroatoms. The zero-order valence-corrected chi connectivity index (χ0v) is 9.39. The molecule has 2 N–H and O–H groups in total. The summed E-state index contributed by atoms with van der Waals surface area (Å²) < 4.78 is 0. The van der Waals surface area contributed by atoms with Gasteiger partial charge in [0.2, 0.25) is 0 Å². The molecule has 1 aromatic heterocycles. The molecule has 1 saturated carbocycles. The molecule has 3 rings (SSSR count). The van der Waals surface area contributed by atoms with E-state index in [4.69, 9.17) is 0 Å². The molecule has 0 amide bonds. The van der Waals surface area contributed by atoms with Crippen molar-refractivity contribution in [1.29, 1.82) is 0 Å². The quantitative estimate of drug-likeness (QED) is 0.778. The number of pyridine rings is 1. The lowest BCUT2D eigenvalue weighted by atomic mass is 9.94. The van der Waals surface area contributed by atoms with Crippen molar-refractivity contribution in [2.45, 2.75) is 24.9 Å². The van der Waals surface area contributed by atoms with Crippen LogP contribution in [-0.2, 0) is 6.42 Å². The van der Waals surface area contributed by atoms with E-state index >= 15 is 0 Å². The summed E-state index contributed by atoms with van der Waals surface area (Å²) in [6, 6.07) is 5.91. The number of hydrogen-bond donors (Lipinski definition) is 2. The number of hydrogen-bond acceptors (Lipinski definition) is 3. The van der Waals surface area contributed by atoms with Crippen molar-refractivity contribution >= 4 is 0 Å². The molecule has 0 aromatic carbocycles. The highest BCUT2D eigenvalue weighted by Gasteiger charge is 2.45. The molecule has 1 aromatic rings. The minimum absolute atomic E-state index is 0.508. The second-order valence-electron chi connectivity index (χ2n) is 5.31. The largest absolute Gasteiger partial charge is 0.389 e. The summed E-state index contributed by atoms with van der Waals surface area (Å²) in [5.74, 6) is 1.35. The number of rotatable bonds is 2. The summed E-state index contributed by atoms with van der Waals surface area (Å²) in [6.45, 7) is 2.16. The summed E-state index contributed by atoms with van der Waals surface area (Å²) in [6.07, 6.45) is 4.37. The maximum atomic E-state index is 10.6. The second kappa shape index (κ2) is 3.82. The lowest BCUT2D eigenvalue weighted by Gasteiger charge is -2.23. The van der Waals surface area contributed by atoms with Gasteiger partial charge in [-0.3, -0.25) is 4.98 Å². The van der Waals surface area contributed by atoms with Crippen LogP contribution in [0.15, 0.2) is 24.4 Å². The van der Waals surface area contributed by atoms with E-state index in [0.717, 1.165) is 31.6 Å². The molecule has 2 fully saturated rings. The van der Waals surface area contributed by atoms with E-state index in [1.165, 1.54) is 0 Å². The van der Waals surface area contributed by atoms with Crippen LogP contribution in [0.5, 0.6) is 0 Å². The van der Waals surface area contributed by atoms with E-state index in [0.29, 0.717) is 18.3 Å². The SMILES string of the molecule is OC1(Cc2ccccn2)CC2CNC[C@H]2C1. The summed E-state index contributed by atoms with van der Waals surface area (Å²) >= 11 is 0. The van der Waals surface area contributed by atoms with Crippen LogP contribution in [0.4, 0.5) is 0 Å². The second-order valence-corrected chi connectivity index (χ2v) is 5.31. The summed E-state index contributed by atoms with van der Waals surface area (Å²) in [5.41, 5.74) is 0.504. The zero-order valence-electron chi connectivity index (χ0n) is 9.39. The molecule has 16 heavy (non-hydrogen) atoms. The Balaban J connectivity index is 1.71. The molecule has 2 aliphatic rings. The van der Waals surface area contributed by atoms with Gasteiger partial charge in [-0.2, -0.15) is 0 Å². The molecule has 0 radical (unpaired) electrons. The fourth-order valence-corrected chi connectivity index (χ4v) is 3.31. The summed E-state index contributed by atoms with van der Waals surface area (Å²) in [7, 11) is 0. The molecule has 1 aliphatic carbocycles. The van der Waals surface area contributed by atoms with E-state index in [9.17, 15) is 5.11 Å². The van der Waals surface area contributed by atoms with Crippen molar-refractivity contribution in [3.63, 3.8) is 0 Å². The topological polar surface area (TPSA) is 45.2 Å². The van der Waals surface area contributed by atoms with Gasteiger partial charge in [-0.05, 0) is 49.9 Å². The van der Waals surface area contributed by atoms with Gasteiger partial charge in [0, 0.05) is 18.3 Å². The van der Waals surface area contributed by atoms with Gasteiger partial charge in [0.15, 0.2) is 0 Å². The third-order valence-electron chi connectivity index (χ3n) is 4.00. The van der Waals surface area contributed by atoms with Crippen molar-refractivity contribution in [2.24, 2.45) is 11.8 Å². The Hall–Kier alpha value is -0.930. The molecular formula is C13H18N2O. The van der Waals surface area contributed by atoms with Crippen molar-refractivity contribution < 1.29 is 5.11 Å². The van der Waals surface area contributed by atoms with Crippen LogP contribution in [0.3, 0.4) is 0 Å². The summed E-state index contributed by atoms with van der Waals surface area (Å²) in [4.78, 5) is 4.31. The number of fused-ring (bicyclic) bond motifs is 1. The average Bonchev–Trinajstić information content (AvgIpc) is 2.77. The highest BCUT2D eigenvalue weighted by Crippen LogP contribution is 2.42. The fraction of sp³-hybridized carbons (Fsp3) is 0.615. The predicted octanol–water partition coefficient (Wildman–Crippen LogP) is 0.985. The highest BCUT2D eigenvalue weighted by atomic mass is 16.3. The molecule has 0 spiro atoms. The van der Waals surface area contributed by atoms with E-state index in [-0.39, 0.29) is 0 Å². The molecule has 2 unspecified atom stereocenters. The first kappa shape index (κ1) is 10.2. The van der Waals surface area contributed by atoms with Crippen molar-refractivity contribution in [2.75, 3.05) is 13.1 Å². The molecule has 3 atom stereocenters. The Bertz CT molecular complexity index is 353. The van der Waals surface area contributed by atoms with Crippen LogP contribution in [0.1, 0.15) is 18.5 Å². The van der Waals surface area contributed by atoms with E-state index in [1.54, 1.807) is 6.20 Å². The van der Waals surface area contributed by atoms with Gasteiger partial charge in [-0.25, -0.2) is 0 Å². The van der Waals surface area contributed by atoms with Gasteiger partial charge in [0.25, 0.3) is 0 Å². The van der Waals surface area contributed by atoms with Crippen molar-refractivity contribution in [1.82, 2.24) is 10.3 Å². The lowest BCUT2D eigenvalue weighted by Crippen LogP contribution is -2.31. The van der Waals surface area contributed by atoms with Gasteiger partial charge in [-0.15, -0.1) is 0 Å². The van der Waals surface area contributed by atoms with Crippen LogP contribution in [-0.4, -0.2) is 28.8 Å². The fourth-order valence-electron chi connectivity index (χ4n) is 3.31. The lowest BCUT2D eigenvalue weighted by molar-refractivity contribution is 0.0389. The maximum absolute atomic E-state index is 10.6. The van der Waals surface area contributed by atoms with Gasteiger partial charge >= 0.3 is 0 Å². The first-order valence-corrected chi connectivity index (χ1v) is 6.08. The van der Waals surface area contributed by atoms with E-state index < -0.39 is 5.60 Å². The van der Waals surface area contributed by atoms with Gasteiger partial charge in [0.1, 0.15) is 0 Å². The van der Waals surface area contributed by atoms with E-state index in [2.05, 4.69) is 10.3 Å². The molecule has 3 nitrogen and oxygen atoms in total. The Morgan fingerprint density at radius 3 is 2.69 bits per heavy atom. The predicted molar refractivity (Wildman–Crippen MR) is 62.0 cm³/mol. The Morgan fingerprint density at radius 2 is 2.06 bits per heavy atom. The standard InChI is InChI=1S/C13H18N2O/c16-13(7-12-3-1-2-4-15-12)5-10-8-14-9-11(10)6-13/h1-4,10-11,14,16H,5-9H2/t10-,11?,13?/m1/s1. The van der Waals surface area contributed by atoms with Gasteiger partial charge in [0.05, 0.1) is 5.60 Å². The van der Waals surface area contributed by atoms with Crippen LogP contribution in [0.25, 0.3) is 0 Å². The number of aliphatic hydroxyl groups is 1. The summed E-state index contributed by atoms with van der Waals surface area (Å²) in [5, 5.41) is 14.0. The number of nitrogens with one attached hydrogen (secondary N) is 1. The molecule has 1 saturated heterocycles. The number of aromatic nitrogens is 1. The van der Waals surface area contributed by atoms with Crippen LogP contribution >= 0.6 is 0 Å².